The SMILES string of the molecule is COC(=O)[C@H](C/C=N/Nc1ccc(Cl)nn1)NC(=O)C(F)(F)F. The number of hydrogen-bond acceptors (Lipinski definition) is 7. The largest absolute Gasteiger partial charge is 0.471 e. The lowest BCUT2D eigenvalue weighted by atomic mass is 10.2. The number of rotatable bonds is 6. The number of alkyl halides is 3. The number of nitrogens with one attached hydrogen (secondary N) is 2. The highest BCUT2D eigenvalue weighted by atomic mass is 35.5. The first kappa shape index (κ1) is 18.6. The monoisotopic (exact) mass is 353 g/mol. The van der Waals surface area contributed by atoms with E-state index in [0.29, 0.717) is 0 Å². The van der Waals surface area contributed by atoms with Crippen LogP contribution in [0.25, 0.3) is 0 Å². The maximum atomic E-state index is 12.2. The van der Waals surface area contributed by atoms with Crippen LogP contribution >= 0.6 is 11.6 Å². The molecule has 0 aliphatic rings. The summed E-state index contributed by atoms with van der Waals surface area (Å²) in [6.45, 7) is 0. The Morgan fingerprint density at radius 2 is 2.13 bits per heavy atom. The summed E-state index contributed by atoms with van der Waals surface area (Å²) in [7, 11) is 0.980. The molecule has 23 heavy (non-hydrogen) atoms. The van der Waals surface area contributed by atoms with Crippen LogP contribution in [0.3, 0.4) is 0 Å². The fourth-order valence-electron chi connectivity index (χ4n) is 1.24. The summed E-state index contributed by atoms with van der Waals surface area (Å²) in [6.07, 6.45) is -4.36. The third kappa shape index (κ3) is 6.46. The van der Waals surface area contributed by atoms with E-state index in [0.717, 1.165) is 13.3 Å². The van der Waals surface area contributed by atoms with E-state index >= 15 is 0 Å². The number of ether oxygens (including phenoxy) is 1. The molecule has 0 unspecified atom stereocenters. The van der Waals surface area contributed by atoms with Crippen molar-refractivity contribution in [1.29, 1.82) is 0 Å². The van der Waals surface area contributed by atoms with Crippen molar-refractivity contribution < 1.29 is 27.5 Å². The van der Waals surface area contributed by atoms with Gasteiger partial charge < -0.3 is 10.1 Å². The summed E-state index contributed by atoms with van der Waals surface area (Å²) in [5.74, 6) is -3.07. The lowest BCUT2D eigenvalue weighted by Gasteiger charge is -2.15. The van der Waals surface area contributed by atoms with Gasteiger partial charge in [-0.15, -0.1) is 10.2 Å². The number of methoxy groups -OCH3 is 1. The first-order chi connectivity index (χ1) is 10.7. The van der Waals surface area contributed by atoms with Gasteiger partial charge in [0.05, 0.1) is 7.11 Å². The fourth-order valence-corrected chi connectivity index (χ4v) is 1.34. The normalized spacial score (nSPS) is 12.7. The first-order valence-electron chi connectivity index (χ1n) is 5.96. The second kappa shape index (κ2) is 8.27. The number of aromatic nitrogens is 2. The summed E-state index contributed by atoms with van der Waals surface area (Å²) in [5, 5.41) is 12.4. The summed E-state index contributed by atoms with van der Waals surface area (Å²) < 4.78 is 40.9. The van der Waals surface area contributed by atoms with Crippen molar-refractivity contribution in [2.45, 2.75) is 18.6 Å². The van der Waals surface area contributed by atoms with Crippen molar-refractivity contribution in [3.63, 3.8) is 0 Å². The Hall–Kier alpha value is -2.43. The van der Waals surface area contributed by atoms with Gasteiger partial charge in [0.2, 0.25) is 0 Å². The number of hydrogen-bond donors (Lipinski definition) is 2. The minimum atomic E-state index is -5.11. The molecule has 0 saturated heterocycles. The topological polar surface area (TPSA) is 106 Å². The molecule has 0 bridgehead atoms. The second-order valence-corrected chi connectivity index (χ2v) is 4.33. The number of esters is 1. The molecule has 1 atom stereocenters. The number of amides is 1. The van der Waals surface area contributed by atoms with Crippen molar-refractivity contribution in [1.82, 2.24) is 15.5 Å². The Morgan fingerprint density at radius 3 is 2.65 bits per heavy atom. The smallest absolute Gasteiger partial charge is 0.467 e. The number of hydrazone groups is 1. The molecule has 1 aromatic rings. The average molecular weight is 354 g/mol. The van der Waals surface area contributed by atoms with E-state index in [-0.39, 0.29) is 17.4 Å². The van der Waals surface area contributed by atoms with E-state index in [4.69, 9.17) is 11.6 Å². The van der Waals surface area contributed by atoms with Gasteiger partial charge in [0.15, 0.2) is 11.0 Å². The molecule has 0 saturated carbocycles. The Bertz CT molecular complexity index is 579. The predicted molar refractivity (Wildman–Crippen MR) is 73.8 cm³/mol. The molecule has 1 heterocycles. The van der Waals surface area contributed by atoms with Crippen LogP contribution in [0.15, 0.2) is 17.2 Å². The Morgan fingerprint density at radius 1 is 1.43 bits per heavy atom. The molecule has 0 spiro atoms. The van der Waals surface area contributed by atoms with Gasteiger partial charge in [-0.1, -0.05) is 11.6 Å². The highest BCUT2D eigenvalue weighted by Crippen LogP contribution is 2.15. The first-order valence-corrected chi connectivity index (χ1v) is 6.34. The van der Waals surface area contributed by atoms with Gasteiger partial charge in [-0.05, 0) is 12.1 Å². The van der Waals surface area contributed by atoms with Gasteiger partial charge in [-0.25, -0.2) is 4.79 Å². The molecule has 12 heteroatoms. The molecule has 0 radical (unpaired) electrons. The van der Waals surface area contributed by atoms with Crippen LogP contribution in [-0.2, 0) is 14.3 Å². The lowest BCUT2D eigenvalue weighted by Crippen LogP contribution is -2.47. The molecule has 2 N–H and O–H groups in total. The zero-order valence-corrected chi connectivity index (χ0v) is 12.4. The Labute approximate surface area is 133 Å². The number of halogens is 4. The third-order valence-corrected chi connectivity index (χ3v) is 2.49. The molecule has 0 aliphatic heterocycles. The van der Waals surface area contributed by atoms with Gasteiger partial charge in [-0.3, -0.25) is 10.2 Å². The van der Waals surface area contributed by atoms with Crippen LogP contribution < -0.4 is 10.7 Å². The average Bonchev–Trinajstić information content (AvgIpc) is 2.50. The summed E-state index contributed by atoms with van der Waals surface area (Å²) >= 11 is 5.53. The predicted octanol–water partition coefficient (Wildman–Crippen LogP) is 1.14. The quantitative estimate of drug-likeness (QED) is 0.451. The molecule has 1 aromatic heterocycles. The number of anilines is 1. The zero-order chi connectivity index (χ0) is 17.5. The van der Waals surface area contributed by atoms with E-state index in [1.165, 1.54) is 17.4 Å². The number of carbonyl (C=O) groups excluding carboxylic acids is 2. The maximum absolute atomic E-state index is 12.2. The summed E-state index contributed by atoms with van der Waals surface area (Å²) in [6, 6.07) is 1.36. The van der Waals surface area contributed by atoms with E-state index in [2.05, 4.69) is 25.5 Å². The van der Waals surface area contributed by atoms with Crippen LogP contribution in [0, 0.1) is 0 Å². The van der Waals surface area contributed by atoms with Gasteiger partial charge in [-0.2, -0.15) is 18.3 Å². The Balaban J connectivity index is 2.60. The minimum Gasteiger partial charge on any atom is -0.467 e. The Kier molecular flexibility index (Phi) is 6.69. The maximum Gasteiger partial charge on any atom is 0.471 e. The van der Waals surface area contributed by atoms with E-state index in [1.54, 1.807) is 0 Å². The number of carbonyl (C=O) groups is 2. The summed E-state index contributed by atoms with van der Waals surface area (Å²) in [4.78, 5) is 22.2. The highest BCUT2D eigenvalue weighted by molar-refractivity contribution is 6.29. The molecular formula is C11H11ClF3N5O3. The van der Waals surface area contributed by atoms with Crippen molar-refractivity contribution in [2.24, 2.45) is 5.10 Å². The summed E-state index contributed by atoms with van der Waals surface area (Å²) in [5.41, 5.74) is 2.42. The molecule has 1 rings (SSSR count). The van der Waals surface area contributed by atoms with Crippen molar-refractivity contribution in [2.75, 3.05) is 12.5 Å². The van der Waals surface area contributed by atoms with Crippen LogP contribution in [0.5, 0.6) is 0 Å². The van der Waals surface area contributed by atoms with Crippen molar-refractivity contribution in [3.8, 4) is 0 Å². The third-order valence-electron chi connectivity index (χ3n) is 2.29. The van der Waals surface area contributed by atoms with Gasteiger partial charge >= 0.3 is 18.1 Å². The molecule has 0 aliphatic carbocycles. The van der Waals surface area contributed by atoms with E-state index < -0.39 is 24.1 Å². The molecule has 0 fully saturated rings. The van der Waals surface area contributed by atoms with Gasteiger partial charge in [0.25, 0.3) is 0 Å². The lowest BCUT2D eigenvalue weighted by molar-refractivity contribution is -0.175. The van der Waals surface area contributed by atoms with E-state index in [9.17, 15) is 22.8 Å². The van der Waals surface area contributed by atoms with Crippen LogP contribution in [0.4, 0.5) is 19.0 Å². The fraction of sp³-hybridized carbons (Fsp3) is 0.364. The molecule has 8 nitrogen and oxygen atoms in total. The van der Waals surface area contributed by atoms with Crippen molar-refractivity contribution in [3.05, 3.63) is 17.3 Å². The van der Waals surface area contributed by atoms with Crippen LogP contribution in [-0.4, -0.2) is 47.6 Å². The molecule has 1 amide bonds. The van der Waals surface area contributed by atoms with Crippen LogP contribution in [0.2, 0.25) is 5.15 Å². The zero-order valence-electron chi connectivity index (χ0n) is 11.6. The highest BCUT2D eigenvalue weighted by Gasteiger charge is 2.40. The molecule has 126 valence electrons. The van der Waals surface area contributed by atoms with Crippen molar-refractivity contribution >= 4 is 35.5 Å². The minimum absolute atomic E-state index is 0.167. The molecular weight excluding hydrogens is 343 g/mol. The van der Waals surface area contributed by atoms with Gasteiger partial charge in [0, 0.05) is 12.6 Å². The standard InChI is InChI=1S/C11H11ClF3N5O3/c1-23-9(21)6(17-10(22)11(13,14)15)4-5-16-19-8-3-2-7(12)18-20-8/h2-3,5-6H,4H2,1H3,(H,17,22)(H,19,20)/b16-5+/t6-/m0/s1. The van der Waals surface area contributed by atoms with E-state index in [1.807, 2.05) is 0 Å². The van der Waals surface area contributed by atoms with Crippen LogP contribution in [0.1, 0.15) is 6.42 Å². The van der Waals surface area contributed by atoms with Gasteiger partial charge in [0.1, 0.15) is 6.04 Å². The number of nitrogens with zero attached hydrogens (tertiary/aromatic N) is 3. The molecule has 0 aromatic carbocycles. The second-order valence-electron chi connectivity index (χ2n) is 3.95.